The molecule has 0 saturated carbocycles. The highest BCUT2D eigenvalue weighted by molar-refractivity contribution is 5.25. The quantitative estimate of drug-likeness (QED) is 0.366. The molecular formula is C16H24O2. The first kappa shape index (κ1) is 16.8. The average Bonchev–Trinajstić information content (AvgIpc) is 2.39. The Kier molecular flexibility index (Phi) is 14.7. The van der Waals surface area contributed by atoms with Crippen LogP contribution in [0, 0.1) is 23.7 Å². The number of rotatable bonds is 10. The fourth-order valence-corrected chi connectivity index (χ4v) is 1.41. The highest BCUT2D eigenvalue weighted by atomic mass is 16.5. The van der Waals surface area contributed by atoms with Gasteiger partial charge in [-0.3, -0.25) is 0 Å². The minimum atomic E-state index is 0.0418. The standard InChI is InChI=1S/C16H24O2/c1-2-3-4-5-6-7-8-9-10-11-12-13-15-18-16-14-17/h2,17H,1,3-9,14-16H2. The lowest BCUT2D eigenvalue weighted by atomic mass is 10.1. The Bertz CT molecular complexity index is 299. The van der Waals surface area contributed by atoms with Crippen molar-refractivity contribution in [3.05, 3.63) is 12.7 Å². The molecule has 2 heteroatoms. The van der Waals surface area contributed by atoms with E-state index in [1.165, 1.54) is 25.7 Å². The molecule has 0 aromatic heterocycles. The Morgan fingerprint density at radius 2 is 1.72 bits per heavy atom. The number of ether oxygens (including phenoxy) is 1. The minimum absolute atomic E-state index is 0.0418. The predicted molar refractivity (Wildman–Crippen MR) is 76.0 cm³/mol. The molecule has 0 rings (SSSR count). The van der Waals surface area contributed by atoms with E-state index in [1.807, 2.05) is 6.08 Å². The van der Waals surface area contributed by atoms with Crippen molar-refractivity contribution in [2.24, 2.45) is 0 Å². The third-order valence-corrected chi connectivity index (χ3v) is 2.36. The van der Waals surface area contributed by atoms with Crippen LogP contribution in [0.25, 0.3) is 0 Å². The summed E-state index contributed by atoms with van der Waals surface area (Å²) in [5.74, 6) is 11.4. The van der Waals surface area contributed by atoms with Crippen LogP contribution in [0.1, 0.15) is 44.9 Å². The van der Waals surface area contributed by atoms with Crippen molar-refractivity contribution >= 4 is 0 Å². The highest BCUT2D eigenvalue weighted by Gasteiger charge is 1.88. The summed E-state index contributed by atoms with van der Waals surface area (Å²) in [7, 11) is 0. The number of hydrogen-bond acceptors (Lipinski definition) is 2. The van der Waals surface area contributed by atoms with Crippen LogP contribution in [0.5, 0.6) is 0 Å². The monoisotopic (exact) mass is 248 g/mol. The van der Waals surface area contributed by atoms with Gasteiger partial charge in [-0.05, 0) is 31.1 Å². The van der Waals surface area contributed by atoms with Crippen LogP contribution in [0.15, 0.2) is 12.7 Å². The summed E-state index contributed by atoms with van der Waals surface area (Å²) in [6, 6.07) is 0. The van der Waals surface area contributed by atoms with Crippen LogP contribution >= 0.6 is 0 Å². The van der Waals surface area contributed by atoms with Crippen LogP contribution in [0.4, 0.5) is 0 Å². The zero-order valence-corrected chi connectivity index (χ0v) is 11.2. The molecule has 0 aliphatic carbocycles. The molecule has 0 amide bonds. The van der Waals surface area contributed by atoms with Gasteiger partial charge in [-0.2, -0.15) is 0 Å². The van der Waals surface area contributed by atoms with Crippen LogP contribution in [-0.4, -0.2) is 24.9 Å². The first-order chi connectivity index (χ1) is 8.91. The second kappa shape index (κ2) is 15.8. The van der Waals surface area contributed by atoms with Gasteiger partial charge in [0.25, 0.3) is 0 Å². The fraction of sp³-hybridized carbons (Fsp3) is 0.625. The lowest BCUT2D eigenvalue weighted by Gasteiger charge is -1.96. The molecular weight excluding hydrogens is 224 g/mol. The van der Waals surface area contributed by atoms with Crippen LogP contribution in [0.3, 0.4) is 0 Å². The minimum Gasteiger partial charge on any atom is -0.394 e. The van der Waals surface area contributed by atoms with E-state index in [2.05, 4.69) is 30.3 Å². The maximum Gasteiger partial charge on any atom is 0.108 e. The summed E-state index contributed by atoms with van der Waals surface area (Å²) in [5, 5.41) is 8.45. The summed E-state index contributed by atoms with van der Waals surface area (Å²) >= 11 is 0. The SMILES string of the molecule is C=CCCCCCCCC#CC#CCOCCO. The number of aliphatic hydroxyl groups is 1. The first-order valence-corrected chi connectivity index (χ1v) is 6.67. The van der Waals surface area contributed by atoms with Crippen molar-refractivity contribution in [1.82, 2.24) is 0 Å². The molecule has 1 N–H and O–H groups in total. The second-order valence-corrected chi connectivity index (χ2v) is 3.97. The van der Waals surface area contributed by atoms with E-state index in [1.54, 1.807) is 0 Å². The molecule has 0 heterocycles. The third kappa shape index (κ3) is 14.8. The Hall–Kier alpha value is -1.22. The molecule has 100 valence electrons. The fourth-order valence-electron chi connectivity index (χ4n) is 1.41. The summed E-state index contributed by atoms with van der Waals surface area (Å²) in [6.45, 7) is 4.44. The van der Waals surface area contributed by atoms with Crippen molar-refractivity contribution in [3.8, 4) is 23.7 Å². The molecule has 2 nitrogen and oxygen atoms in total. The molecule has 0 aromatic rings. The number of unbranched alkanes of at least 4 members (excludes halogenated alkanes) is 6. The van der Waals surface area contributed by atoms with E-state index in [0.717, 1.165) is 19.3 Å². The maximum atomic E-state index is 8.45. The van der Waals surface area contributed by atoms with Crippen LogP contribution in [0.2, 0.25) is 0 Å². The lowest BCUT2D eigenvalue weighted by Crippen LogP contribution is -1.98. The molecule has 18 heavy (non-hydrogen) atoms. The molecule has 0 atom stereocenters. The van der Waals surface area contributed by atoms with Crippen molar-refractivity contribution < 1.29 is 9.84 Å². The van der Waals surface area contributed by atoms with Crippen molar-refractivity contribution in [2.45, 2.75) is 44.9 Å². The van der Waals surface area contributed by atoms with Gasteiger partial charge in [0.1, 0.15) is 6.61 Å². The summed E-state index contributed by atoms with van der Waals surface area (Å²) in [5.41, 5.74) is 0. The van der Waals surface area contributed by atoms with Crippen molar-refractivity contribution in [2.75, 3.05) is 19.8 Å². The molecule has 0 bridgehead atoms. The molecule has 0 aromatic carbocycles. The molecule has 0 saturated heterocycles. The normalized spacial score (nSPS) is 8.94. The first-order valence-electron chi connectivity index (χ1n) is 6.67. The van der Waals surface area contributed by atoms with E-state index in [-0.39, 0.29) is 6.61 Å². The van der Waals surface area contributed by atoms with Crippen LogP contribution in [-0.2, 0) is 4.74 Å². The Morgan fingerprint density at radius 3 is 2.50 bits per heavy atom. The van der Waals surface area contributed by atoms with Gasteiger partial charge < -0.3 is 9.84 Å². The van der Waals surface area contributed by atoms with E-state index >= 15 is 0 Å². The highest BCUT2D eigenvalue weighted by Crippen LogP contribution is 2.06. The molecule has 0 aliphatic rings. The van der Waals surface area contributed by atoms with Crippen LogP contribution < -0.4 is 0 Å². The zero-order chi connectivity index (χ0) is 13.3. The molecule has 0 fully saturated rings. The lowest BCUT2D eigenvalue weighted by molar-refractivity contribution is 0.115. The topological polar surface area (TPSA) is 29.5 Å². The number of hydrogen-bond donors (Lipinski definition) is 1. The second-order valence-electron chi connectivity index (χ2n) is 3.97. The Balaban J connectivity index is 3.25. The van der Waals surface area contributed by atoms with Gasteiger partial charge in [-0.25, -0.2) is 0 Å². The summed E-state index contributed by atoms with van der Waals surface area (Å²) < 4.78 is 4.98. The summed E-state index contributed by atoms with van der Waals surface area (Å²) in [6.07, 6.45) is 10.3. The molecule has 0 radical (unpaired) electrons. The maximum absolute atomic E-state index is 8.45. The Morgan fingerprint density at radius 1 is 1.00 bits per heavy atom. The third-order valence-electron chi connectivity index (χ3n) is 2.36. The Labute approximate surface area is 111 Å². The molecule has 0 unspecified atom stereocenters. The van der Waals surface area contributed by atoms with Gasteiger partial charge in [0, 0.05) is 6.42 Å². The van der Waals surface area contributed by atoms with Crippen molar-refractivity contribution in [3.63, 3.8) is 0 Å². The summed E-state index contributed by atoms with van der Waals surface area (Å²) in [4.78, 5) is 0. The van der Waals surface area contributed by atoms with Gasteiger partial charge in [0.2, 0.25) is 0 Å². The van der Waals surface area contributed by atoms with E-state index in [9.17, 15) is 0 Å². The average molecular weight is 248 g/mol. The van der Waals surface area contributed by atoms with Gasteiger partial charge in [-0.15, -0.1) is 6.58 Å². The van der Waals surface area contributed by atoms with E-state index < -0.39 is 0 Å². The number of aliphatic hydroxyl groups excluding tert-OH is 1. The largest absolute Gasteiger partial charge is 0.394 e. The van der Waals surface area contributed by atoms with Gasteiger partial charge in [0.05, 0.1) is 13.2 Å². The smallest absolute Gasteiger partial charge is 0.108 e. The molecule has 0 aliphatic heterocycles. The van der Waals surface area contributed by atoms with E-state index in [4.69, 9.17) is 9.84 Å². The van der Waals surface area contributed by atoms with Gasteiger partial charge >= 0.3 is 0 Å². The predicted octanol–water partition coefficient (Wildman–Crippen LogP) is 2.92. The van der Waals surface area contributed by atoms with Gasteiger partial charge in [-0.1, -0.05) is 37.2 Å². The van der Waals surface area contributed by atoms with Gasteiger partial charge in [0.15, 0.2) is 0 Å². The number of allylic oxidation sites excluding steroid dienone is 1. The molecule has 0 spiro atoms. The van der Waals surface area contributed by atoms with Crippen molar-refractivity contribution in [1.29, 1.82) is 0 Å². The van der Waals surface area contributed by atoms with E-state index in [0.29, 0.717) is 13.2 Å². The zero-order valence-electron chi connectivity index (χ0n) is 11.2.